The molecule has 0 unspecified atom stereocenters. The summed E-state index contributed by atoms with van der Waals surface area (Å²) >= 11 is 1.62. The Morgan fingerprint density at radius 2 is 2.09 bits per heavy atom. The van der Waals surface area contributed by atoms with Gasteiger partial charge >= 0.3 is 0 Å². The van der Waals surface area contributed by atoms with E-state index in [9.17, 15) is 0 Å². The summed E-state index contributed by atoms with van der Waals surface area (Å²) in [6.07, 6.45) is 5.41. The summed E-state index contributed by atoms with van der Waals surface area (Å²) in [7, 11) is 0. The van der Waals surface area contributed by atoms with Crippen LogP contribution in [0, 0.1) is 0 Å². The number of anilines is 2. The molecule has 3 heterocycles. The molecule has 4 nitrogen and oxygen atoms in total. The Bertz CT molecular complexity index is 701. The highest BCUT2D eigenvalue weighted by Crippen LogP contribution is 2.36. The first-order valence-electron chi connectivity index (χ1n) is 7.87. The molecule has 114 valence electrons. The Morgan fingerprint density at radius 3 is 3.00 bits per heavy atom. The zero-order valence-corrected chi connectivity index (χ0v) is 13.6. The predicted octanol–water partition coefficient (Wildman–Crippen LogP) is 2.93. The third-order valence-electron chi connectivity index (χ3n) is 4.44. The molecule has 0 saturated carbocycles. The normalized spacial score (nSPS) is 17.0. The average Bonchev–Trinajstić information content (AvgIpc) is 2.60. The summed E-state index contributed by atoms with van der Waals surface area (Å²) in [6.45, 7) is 2.91. The fourth-order valence-electron chi connectivity index (χ4n) is 3.39. The van der Waals surface area contributed by atoms with Gasteiger partial charge in [-0.25, -0.2) is 9.97 Å². The molecule has 2 aromatic rings. The quantitative estimate of drug-likeness (QED) is 0.682. The molecule has 0 saturated heterocycles. The number of fused-ring (bicyclic) bond motifs is 2. The van der Waals surface area contributed by atoms with E-state index in [2.05, 4.69) is 34.5 Å². The second-order valence-corrected chi connectivity index (χ2v) is 6.54. The highest BCUT2D eigenvalue weighted by atomic mass is 32.2. The number of benzene rings is 1. The van der Waals surface area contributed by atoms with Gasteiger partial charge in [-0.05, 0) is 43.7 Å². The number of aromatic nitrogens is 2. The molecule has 0 bridgehead atoms. The summed E-state index contributed by atoms with van der Waals surface area (Å²) in [4.78, 5) is 12.0. The predicted molar refractivity (Wildman–Crippen MR) is 91.0 cm³/mol. The van der Waals surface area contributed by atoms with Gasteiger partial charge in [-0.1, -0.05) is 30.0 Å². The third-order valence-corrected chi connectivity index (χ3v) is 4.99. The summed E-state index contributed by atoms with van der Waals surface area (Å²) in [5.74, 6) is 1.13. The molecule has 0 amide bonds. The monoisotopic (exact) mass is 312 g/mol. The van der Waals surface area contributed by atoms with Crippen molar-refractivity contribution in [1.29, 1.82) is 0 Å². The van der Waals surface area contributed by atoms with Gasteiger partial charge in [0.15, 0.2) is 5.16 Å². The van der Waals surface area contributed by atoms with Gasteiger partial charge in [0.1, 0.15) is 5.82 Å². The van der Waals surface area contributed by atoms with Gasteiger partial charge in [0, 0.05) is 24.3 Å². The molecule has 2 aliphatic rings. The lowest BCUT2D eigenvalue weighted by Gasteiger charge is -2.33. The van der Waals surface area contributed by atoms with Gasteiger partial charge < -0.3 is 10.2 Å². The first-order chi connectivity index (χ1) is 10.9. The van der Waals surface area contributed by atoms with E-state index in [1.54, 1.807) is 11.8 Å². The van der Waals surface area contributed by atoms with Gasteiger partial charge in [0.2, 0.25) is 0 Å². The minimum Gasteiger partial charge on any atom is -0.326 e. The number of para-hydroxylation sites is 1. The van der Waals surface area contributed by atoms with Gasteiger partial charge in [-0.2, -0.15) is 0 Å². The topological polar surface area (TPSA) is 41.1 Å². The summed E-state index contributed by atoms with van der Waals surface area (Å²) in [5, 5.41) is 4.30. The molecule has 4 rings (SSSR count). The second kappa shape index (κ2) is 5.89. The van der Waals surface area contributed by atoms with Crippen molar-refractivity contribution in [2.24, 2.45) is 0 Å². The zero-order valence-electron chi connectivity index (χ0n) is 12.8. The molecule has 0 spiro atoms. The van der Waals surface area contributed by atoms with Crippen LogP contribution in [0.2, 0.25) is 0 Å². The van der Waals surface area contributed by atoms with Crippen LogP contribution in [-0.4, -0.2) is 29.3 Å². The number of hydrogen-bond donors (Lipinski definition) is 1. The van der Waals surface area contributed by atoms with Crippen LogP contribution in [0.15, 0.2) is 29.4 Å². The summed E-state index contributed by atoms with van der Waals surface area (Å²) < 4.78 is 0. The van der Waals surface area contributed by atoms with E-state index in [-0.39, 0.29) is 0 Å². The van der Waals surface area contributed by atoms with Crippen LogP contribution in [0.4, 0.5) is 11.5 Å². The van der Waals surface area contributed by atoms with E-state index in [1.807, 2.05) is 6.26 Å². The standard InChI is InChI=1S/C17H20N4S/c1-22-17-19-14-11-18-9-8-13(14)16(20-17)21-10-4-6-12-5-2-3-7-15(12)21/h2-3,5,7,18H,4,6,8-11H2,1H3. The molecule has 1 aromatic heterocycles. The Hall–Kier alpha value is -1.59. The van der Waals surface area contributed by atoms with Crippen LogP contribution < -0.4 is 10.2 Å². The van der Waals surface area contributed by atoms with Crippen molar-refractivity contribution in [3.8, 4) is 0 Å². The molecule has 5 heteroatoms. The van der Waals surface area contributed by atoms with Crippen LogP contribution in [0.5, 0.6) is 0 Å². The zero-order chi connectivity index (χ0) is 14.9. The number of rotatable bonds is 2. The smallest absolute Gasteiger partial charge is 0.189 e. The van der Waals surface area contributed by atoms with E-state index in [0.29, 0.717) is 0 Å². The number of thioether (sulfide) groups is 1. The van der Waals surface area contributed by atoms with Gasteiger partial charge in [0.25, 0.3) is 0 Å². The van der Waals surface area contributed by atoms with Crippen molar-refractivity contribution in [2.45, 2.75) is 31.0 Å². The maximum Gasteiger partial charge on any atom is 0.189 e. The fourth-order valence-corrected chi connectivity index (χ4v) is 3.76. The molecular formula is C17H20N4S. The highest BCUT2D eigenvalue weighted by molar-refractivity contribution is 7.98. The molecule has 2 aliphatic heterocycles. The number of nitrogens with zero attached hydrogens (tertiary/aromatic N) is 3. The van der Waals surface area contributed by atoms with E-state index < -0.39 is 0 Å². The Morgan fingerprint density at radius 1 is 1.18 bits per heavy atom. The van der Waals surface area contributed by atoms with E-state index in [0.717, 1.165) is 43.5 Å². The minimum absolute atomic E-state index is 0.855. The molecule has 0 atom stereocenters. The SMILES string of the molecule is CSc1nc2c(c(N3CCCc4ccccc43)n1)CCNC2. The second-order valence-electron chi connectivity index (χ2n) is 5.77. The van der Waals surface area contributed by atoms with Crippen molar-refractivity contribution < 1.29 is 0 Å². The summed E-state index contributed by atoms with van der Waals surface area (Å²) in [5.41, 5.74) is 5.25. The molecule has 1 aromatic carbocycles. The fraction of sp³-hybridized carbons (Fsp3) is 0.412. The van der Waals surface area contributed by atoms with E-state index in [1.165, 1.54) is 28.9 Å². The van der Waals surface area contributed by atoms with Gasteiger partial charge in [-0.15, -0.1) is 0 Å². The van der Waals surface area contributed by atoms with Crippen LogP contribution in [0.3, 0.4) is 0 Å². The molecule has 22 heavy (non-hydrogen) atoms. The van der Waals surface area contributed by atoms with Crippen LogP contribution >= 0.6 is 11.8 Å². The van der Waals surface area contributed by atoms with E-state index >= 15 is 0 Å². The first kappa shape index (κ1) is 14.0. The van der Waals surface area contributed by atoms with Gasteiger partial charge in [-0.3, -0.25) is 0 Å². The molecule has 0 fully saturated rings. The van der Waals surface area contributed by atoms with Crippen LogP contribution in [0.1, 0.15) is 23.2 Å². The molecule has 0 aliphatic carbocycles. The molecule has 0 radical (unpaired) electrons. The average molecular weight is 312 g/mol. The lowest BCUT2D eigenvalue weighted by Crippen LogP contribution is -2.31. The summed E-state index contributed by atoms with van der Waals surface area (Å²) in [6, 6.07) is 8.73. The largest absolute Gasteiger partial charge is 0.326 e. The molecular weight excluding hydrogens is 292 g/mol. The van der Waals surface area contributed by atoms with Crippen molar-refractivity contribution in [3.63, 3.8) is 0 Å². The van der Waals surface area contributed by atoms with Crippen LogP contribution in [-0.2, 0) is 19.4 Å². The lowest BCUT2D eigenvalue weighted by atomic mass is 10.00. The van der Waals surface area contributed by atoms with Crippen molar-refractivity contribution in [2.75, 3.05) is 24.2 Å². The van der Waals surface area contributed by atoms with Gasteiger partial charge in [0.05, 0.1) is 5.69 Å². The van der Waals surface area contributed by atoms with E-state index in [4.69, 9.17) is 9.97 Å². The van der Waals surface area contributed by atoms with Crippen molar-refractivity contribution in [1.82, 2.24) is 15.3 Å². The van der Waals surface area contributed by atoms with Crippen molar-refractivity contribution in [3.05, 3.63) is 41.1 Å². The Labute approximate surface area is 135 Å². The maximum atomic E-state index is 4.88. The molecule has 1 N–H and O–H groups in total. The van der Waals surface area contributed by atoms with Crippen molar-refractivity contribution >= 4 is 23.3 Å². The highest BCUT2D eigenvalue weighted by Gasteiger charge is 2.25. The minimum atomic E-state index is 0.855. The third kappa shape index (κ3) is 2.38. The lowest BCUT2D eigenvalue weighted by molar-refractivity contribution is 0.609. The Balaban J connectivity index is 1.86. The maximum absolute atomic E-state index is 4.88. The number of nitrogens with one attached hydrogen (secondary N) is 1. The Kier molecular flexibility index (Phi) is 3.76. The first-order valence-corrected chi connectivity index (χ1v) is 9.09. The number of hydrogen-bond acceptors (Lipinski definition) is 5. The number of aryl methyl sites for hydroxylation is 1. The van der Waals surface area contributed by atoms with Crippen LogP contribution in [0.25, 0.3) is 0 Å².